The maximum atomic E-state index is 12.8. The van der Waals surface area contributed by atoms with E-state index in [0.29, 0.717) is 22.3 Å². The lowest BCUT2D eigenvalue weighted by atomic mass is 10.1. The predicted molar refractivity (Wildman–Crippen MR) is 94.0 cm³/mol. The summed E-state index contributed by atoms with van der Waals surface area (Å²) in [6.45, 7) is 1.04. The third kappa shape index (κ3) is 5.69. The molecule has 2 N–H and O–H groups in total. The maximum absolute atomic E-state index is 12.8. The molecule has 1 aromatic heterocycles. The highest BCUT2D eigenvalue weighted by Crippen LogP contribution is 2.33. The molecule has 1 aromatic carbocycles. The molecule has 0 aliphatic heterocycles. The molecule has 1 aliphatic rings. The number of alkyl halides is 3. The number of amides is 1. The summed E-state index contributed by atoms with van der Waals surface area (Å²) in [6.07, 6.45) is -1.97. The van der Waals surface area contributed by atoms with Gasteiger partial charge in [-0.25, -0.2) is 4.98 Å². The van der Waals surface area contributed by atoms with Crippen LogP contribution in [-0.2, 0) is 11.0 Å². The van der Waals surface area contributed by atoms with Crippen molar-refractivity contribution >= 4 is 34.8 Å². The molecule has 0 unspecified atom stereocenters. The summed E-state index contributed by atoms with van der Waals surface area (Å²) in [6, 6.07) is 4.98. The van der Waals surface area contributed by atoms with Gasteiger partial charge in [-0.3, -0.25) is 4.79 Å². The standard InChI is InChI=1S/C16H16F3N3OS.ClH/c17-16(18,19)12-3-1-2-11(6-12)13-9-24-15(21-13)22-14(23)8-20-7-10-4-5-10;/h1-3,6,9-10,20H,4-5,7-8H2,(H,21,22,23);1H. The van der Waals surface area contributed by atoms with Gasteiger partial charge in [-0.1, -0.05) is 12.1 Å². The number of thiazole rings is 1. The van der Waals surface area contributed by atoms with Gasteiger partial charge in [0.15, 0.2) is 5.13 Å². The average Bonchev–Trinajstić information content (AvgIpc) is 3.23. The Kier molecular flexibility index (Phi) is 6.42. The van der Waals surface area contributed by atoms with Crippen LogP contribution in [0, 0.1) is 5.92 Å². The first-order chi connectivity index (χ1) is 11.4. The number of aromatic nitrogens is 1. The maximum Gasteiger partial charge on any atom is 0.416 e. The van der Waals surface area contributed by atoms with E-state index in [0.717, 1.165) is 18.7 Å². The molecular weight excluding hydrogens is 375 g/mol. The van der Waals surface area contributed by atoms with E-state index in [4.69, 9.17) is 0 Å². The molecule has 0 atom stereocenters. The summed E-state index contributed by atoms with van der Waals surface area (Å²) in [5, 5.41) is 7.73. The van der Waals surface area contributed by atoms with Crippen LogP contribution in [-0.4, -0.2) is 24.0 Å². The fraction of sp³-hybridized carbons (Fsp3) is 0.375. The Morgan fingerprint density at radius 3 is 2.76 bits per heavy atom. The highest BCUT2D eigenvalue weighted by Gasteiger charge is 2.30. The van der Waals surface area contributed by atoms with Gasteiger partial charge < -0.3 is 10.6 Å². The highest BCUT2D eigenvalue weighted by atomic mass is 35.5. The van der Waals surface area contributed by atoms with E-state index >= 15 is 0 Å². The normalized spacial score (nSPS) is 14.0. The van der Waals surface area contributed by atoms with Gasteiger partial charge in [0.2, 0.25) is 5.91 Å². The lowest BCUT2D eigenvalue weighted by Gasteiger charge is -2.07. The minimum atomic E-state index is -4.39. The van der Waals surface area contributed by atoms with Crippen molar-refractivity contribution < 1.29 is 18.0 Å². The van der Waals surface area contributed by atoms with Gasteiger partial charge in [-0.2, -0.15) is 13.2 Å². The largest absolute Gasteiger partial charge is 0.416 e. The lowest BCUT2D eigenvalue weighted by Crippen LogP contribution is -2.29. The Hall–Kier alpha value is -1.64. The Morgan fingerprint density at radius 2 is 2.08 bits per heavy atom. The van der Waals surface area contributed by atoms with E-state index in [1.54, 1.807) is 11.4 Å². The SMILES string of the molecule is Cl.O=C(CNCC1CC1)Nc1nc(-c2cccc(C(F)(F)F)c2)cs1. The molecule has 4 nitrogen and oxygen atoms in total. The van der Waals surface area contributed by atoms with Crippen LogP contribution in [0.3, 0.4) is 0 Å². The molecule has 3 rings (SSSR count). The molecule has 2 aromatic rings. The first-order valence-corrected chi connectivity index (χ1v) is 8.43. The highest BCUT2D eigenvalue weighted by molar-refractivity contribution is 7.14. The van der Waals surface area contributed by atoms with Crippen LogP contribution in [0.25, 0.3) is 11.3 Å². The molecular formula is C16H17ClF3N3OS. The molecule has 0 radical (unpaired) electrons. The van der Waals surface area contributed by atoms with Gasteiger partial charge in [0.25, 0.3) is 0 Å². The van der Waals surface area contributed by atoms with Crippen molar-refractivity contribution in [1.29, 1.82) is 0 Å². The zero-order valence-electron chi connectivity index (χ0n) is 13.1. The van der Waals surface area contributed by atoms with Gasteiger partial charge in [-0.15, -0.1) is 23.7 Å². The summed E-state index contributed by atoms with van der Waals surface area (Å²) < 4.78 is 38.3. The van der Waals surface area contributed by atoms with Gasteiger partial charge in [0.1, 0.15) is 0 Å². The first-order valence-electron chi connectivity index (χ1n) is 7.55. The number of halogens is 4. The van der Waals surface area contributed by atoms with E-state index < -0.39 is 11.7 Å². The van der Waals surface area contributed by atoms with E-state index in [1.165, 1.54) is 30.2 Å². The zero-order valence-corrected chi connectivity index (χ0v) is 14.7. The number of nitrogens with zero attached hydrogens (tertiary/aromatic N) is 1. The van der Waals surface area contributed by atoms with Gasteiger partial charge >= 0.3 is 6.18 Å². The van der Waals surface area contributed by atoms with E-state index in [-0.39, 0.29) is 24.9 Å². The minimum Gasteiger partial charge on any atom is -0.308 e. The zero-order chi connectivity index (χ0) is 17.2. The molecule has 1 fully saturated rings. The molecule has 0 bridgehead atoms. The summed E-state index contributed by atoms with van der Waals surface area (Å²) >= 11 is 1.19. The number of carbonyl (C=O) groups is 1. The van der Waals surface area contributed by atoms with Crippen LogP contribution >= 0.6 is 23.7 Å². The van der Waals surface area contributed by atoms with Crippen LogP contribution in [0.2, 0.25) is 0 Å². The Bertz CT molecular complexity index is 731. The fourth-order valence-corrected chi connectivity index (χ4v) is 2.93. The van der Waals surface area contributed by atoms with Crippen molar-refractivity contribution in [3.63, 3.8) is 0 Å². The minimum absolute atomic E-state index is 0. The molecule has 9 heteroatoms. The Balaban J connectivity index is 0.00000225. The van der Waals surface area contributed by atoms with Gasteiger partial charge in [0, 0.05) is 10.9 Å². The number of rotatable bonds is 6. The van der Waals surface area contributed by atoms with Crippen LogP contribution in [0.1, 0.15) is 18.4 Å². The van der Waals surface area contributed by atoms with Crippen molar-refractivity contribution in [2.45, 2.75) is 19.0 Å². The number of nitrogens with one attached hydrogen (secondary N) is 2. The second-order valence-electron chi connectivity index (χ2n) is 5.74. The van der Waals surface area contributed by atoms with Crippen molar-refractivity contribution in [3.05, 3.63) is 35.2 Å². The summed E-state index contributed by atoms with van der Waals surface area (Å²) in [5.74, 6) is 0.478. The number of carbonyl (C=O) groups excluding carboxylic acids is 1. The molecule has 0 spiro atoms. The third-order valence-electron chi connectivity index (χ3n) is 3.65. The van der Waals surface area contributed by atoms with Crippen molar-refractivity contribution in [1.82, 2.24) is 10.3 Å². The van der Waals surface area contributed by atoms with Crippen LogP contribution in [0.15, 0.2) is 29.6 Å². The molecule has 1 aliphatic carbocycles. The lowest BCUT2D eigenvalue weighted by molar-refractivity contribution is -0.137. The van der Waals surface area contributed by atoms with Crippen molar-refractivity contribution in [3.8, 4) is 11.3 Å². The quantitative estimate of drug-likeness (QED) is 0.776. The smallest absolute Gasteiger partial charge is 0.308 e. The topological polar surface area (TPSA) is 54.0 Å². The monoisotopic (exact) mass is 391 g/mol. The number of hydrogen-bond donors (Lipinski definition) is 2. The van der Waals surface area contributed by atoms with Gasteiger partial charge in [0.05, 0.1) is 17.8 Å². The number of hydrogen-bond acceptors (Lipinski definition) is 4. The molecule has 136 valence electrons. The number of anilines is 1. The number of benzene rings is 1. The van der Waals surface area contributed by atoms with E-state index in [2.05, 4.69) is 15.6 Å². The summed E-state index contributed by atoms with van der Waals surface area (Å²) in [4.78, 5) is 16.0. The molecule has 1 amide bonds. The van der Waals surface area contributed by atoms with Crippen LogP contribution in [0.4, 0.5) is 18.3 Å². The predicted octanol–water partition coefficient (Wildman–Crippen LogP) is 4.19. The van der Waals surface area contributed by atoms with E-state index in [9.17, 15) is 18.0 Å². The van der Waals surface area contributed by atoms with Crippen LogP contribution < -0.4 is 10.6 Å². The second kappa shape index (κ2) is 8.16. The summed E-state index contributed by atoms with van der Waals surface area (Å²) in [5.41, 5.74) is 0.0589. The summed E-state index contributed by atoms with van der Waals surface area (Å²) in [7, 11) is 0. The first kappa shape index (κ1) is 19.7. The third-order valence-corrected chi connectivity index (χ3v) is 4.41. The molecule has 0 saturated heterocycles. The average molecular weight is 392 g/mol. The van der Waals surface area contributed by atoms with Crippen LogP contribution in [0.5, 0.6) is 0 Å². The second-order valence-corrected chi connectivity index (χ2v) is 6.60. The Morgan fingerprint density at radius 1 is 1.32 bits per heavy atom. The van der Waals surface area contributed by atoms with Gasteiger partial charge in [-0.05, 0) is 37.4 Å². The molecule has 1 saturated carbocycles. The van der Waals surface area contributed by atoms with Crippen molar-refractivity contribution in [2.24, 2.45) is 5.92 Å². The van der Waals surface area contributed by atoms with Crippen molar-refractivity contribution in [2.75, 3.05) is 18.4 Å². The van der Waals surface area contributed by atoms with E-state index in [1.807, 2.05) is 0 Å². The fourth-order valence-electron chi connectivity index (χ4n) is 2.19. The Labute approximate surface area is 153 Å². The molecule has 25 heavy (non-hydrogen) atoms. The molecule has 1 heterocycles.